The number of carboxylic acids is 1. The fourth-order valence-corrected chi connectivity index (χ4v) is 2.64. The van der Waals surface area contributed by atoms with Crippen molar-refractivity contribution in [1.82, 2.24) is 19.9 Å². The summed E-state index contributed by atoms with van der Waals surface area (Å²) in [5, 5.41) is 11.3. The first-order valence-corrected chi connectivity index (χ1v) is 8.74. The predicted molar refractivity (Wildman–Crippen MR) is 100 cm³/mol. The number of rotatable bonds is 6. The van der Waals surface area contributed by atoms with Gasteiger partial charge in [0.25, 0.3) is 11.5 Å². The first-order valence-electron chi connectivity index (χ1n) is 8.74. The molecule has 0 bridgehead atoms. The zero-order valence-electron chi connectivity index (χ0n) is 16.0. The van der Waals surface area contributed by atoms with E-state index in [1.165, 1.54) is 17.6 Å². The number of carboxylic acid groups (broad SMARTS) is 1. The van der Waals surface area contributed by atoms with Crippen molar-refractivity contribution in [3.63, 3.8) is 0 Å². The van der Waals surface area contributed by atoms with Crippen LogP contribution in [0.5, 0.6) is 0 Å². The molecule has 0 aliphatic heterocycles. The first kappa shape index (κ1) is 20.3. The third-order valence-corrected chi connectivity index (χ3v) is 4.07. The standard InChI is InChI=1S/C18H24N4O5/c1-8(2)7-22-14-13(16(24)21-18(22)27)11(6-12(20-14)9(3)4)15(23)19-10(5)17(25)26/h6,8-10H,7H2,1-5H3,(H,19,23)(H,25,26)(H,21,24,27)/t10-/m0/s1. The summed E-state index contributed by atoms with van der Waals surface area (Å²) in [7, 11) is 0. The van der Waals surface area contributed by atoms with Gasteiger partial charge in [0, 0.05) is 12.2 Å². The van der Waals surface area contributed by atoms with E-state index in [1.54, 1.807) is 0 Å². The van der Waals surface area contributed by atoms with Gasteiger partial charge in [-0.15, -0.1) is 0 Å². The van der Waals surface area contributed by atoms with Crippen molar-refractivity contribution in [1.29, 1.82) is 0 Å². The van der Waals surface area contributed by atoms with Gasteiger partial charge in [-0.25, -0.2) is 9.78 Å². The lowest BCUT2D eigenvalue weighted by Gasteiger charge is -2.16. The van der Waals surface area contributed by atoms with Gasteiger partial charge < -0.3 is 10.4 Å². The summed E-state index contributed by atoms with van der Waals surface area (Å²) in [4.78, 5) is 55.2. The number of amides is 1. The van der Waals surface area contributed by atoms with Crippen LogP contribution in [-0.2, 0) is 11.3 Å². The van der Waals surface area contributed by atoms with E-state index in [-0.39, 0.29) is 28.4 Å². The van der Waals surface area contributed by atoms with Crippen LogP contribution in [0.2, 0.25) is 0 Å². The molecule has 3 N–H and O–H groups in total. The molecule has 1 amide bonds. The van der Waals surface area contributed by atoms with E-state index in [2.05, 4.69) is 15.3 Å². The number of H-pyrrole nitrogens is 1. The lowest BCUT2D eigenvalue weighted by Crippen LogP contribution is -2.39. The number of aromatic nitrogens is 3. The highest BCUT2D eigenvalue weighted by atomic mass is 16.4. The maximum atomic E-state index is 12.7. The van der Waals surface area contributed by atoms with Crippen LogP contribution in [0.3, 0.4) is 0 Å². The molecular weight excluding hydrogens is 352 g/mol. The van der Waals surface area contributed by atoms with E-state index in [9.17, 15) is 19.2 Å². The van der Waals surface area contributed by atoms with Crippen LogP contribution in [0.1, 0.15) is 56.6 Å². The molecule has 27 heavy (non-hydrogen) atoms. The Morgan fingerprint density at radius 2 is 1.85 bits per heavy atom. The summed E-state index contributed by atoms with van der Waals surface area (Å²) in [5.74, 6) is -1.87. The van der Waals surface area contributed by atoms with Crippen molar-refractivity contribution < 1.29 is 14.7 Å². The quantitative estimate of drug-likeness (QED) is 0.690. The Balaban J connectivity index is 2.83. The van der Waals surface area contributed by atoms with E-state index in [1.807, 2.05) is 27.7 Å². The highest BCUT2D eigenvalue weighted by Crippen LogP contribution is 2.20. The zero-order chi connectivity index (χ0) is 20.5. The molecule has 2 aromatic heterocycles. The van der Waals surface area contributed by atoms with Crippen molar-refractivity contribution in [2.45, 2.75) is 53.1 Å². The lowest BCUT2D eigenvalue weighted by atomic mass is 10.0. The second kappa shape index (κ2) is 7.73. The molecule has 0 aliphatic rings. The molecule has 1 atom stereocenters. The van der Waals surface area contributed by atoms with Crippen LogP contribution in [0.4, 0.5) is 0 Å². The molecule has 2 heterocycles. The SMILES string of the molecule is CC(C)Cn1c(=O)[nH]c(=O)c2c(C(=O)N[C@@H](C)C(=O)O)cc(C(C)C)nc21. The third-order valence-electron chi connectivity index (χ3n) is 4.07. The van der Waals surface area contributed by atoms with Gasteiger partial charge in [0.1, 0.15) is 6.04 Å². The number of carbonyl (C=O) groups excluding carboxylic acids is 1. The van der Waals surface area contributed by atoms with E-state index in [4.69, 9.17) is 5.11 Å². The molecule has 0 fully saturated rings. The zero-order valence-corrected chi connectivity index (χ0v) is 16.0. The number of hydrogen-bond acceptors (Lipinski definition) is 5. The van der Waals surface area contributed by atoms with Crippen LogP contribution >= 0.6 is 0 Å². The van der Waals surface area contributed by atoms with Gasteiger partial charge in [0.15, 0.2) is 5.65 Å². The molecule has 0 aliphatic carbocycles. The molecule has 2 aromatic rings. The minimum absolute atomic E-state index is 0.00411. The lowest BCUT2D eigenvalue weighted by molar-refractivity contribution is -0.138. The van der Waals surface area contributed by atoms with Crippen molar-refractivity contribution in [3.05, 3.63) is 38.2 Å². The number of aromatic amines is 1. The Bertz CT molecular complexity index is 1000. The number of carbonyl (C=O) groups is 2. The van der Waals surface area contributed by atoms with Crippen molar-refractivity contribution >= 4 is 22.9 Å². The Morgan fingerprint density at radius 3 is 2.37 bits per heavy atom. The van der Waals surface area contributed by atoms with Crippen LogP contribution in [0.25, 0.3) is 11.0 Å². The van der Waals surface area contributed by atoms with Gasteiger partial charge in [-0.3, -0.25) is 23.9 Å². The maximum absolute atomic E-state index is 12.7. The molecule has 9 heteroatoms. The molecule has 0 unspecified atom stereocenters. The van der Waals surface area contributed by atoms with Crippen molar-refractivity contribution in [2.75, 3.05) is 0 Å². The summed E-state index contributed by atoms with van der Waals surface area (Å²) in [6, 6.07) is 0.333. The monoisotopic (exact) mass is 376 g/mol. The summed E-state index contributed by atoms with van der Waals surface area (Å²) >= 11 is 0. The first-order chi connectivity index (χ1) is 12.5. The summed E-state index contributed by atoms with van der Waals surface area (Å²) in [6.45, 7) is 9.20. The number of pyridine rings is 1. The Kier molecular flexibility index (Phi) is 5.82. The summed E-state index contributed by atoms with van der Waals surface area (Å²) < 4.78 is 1.34. The second-order valence-electron chi connectivity index (χ2n) is 7.25. The third kappa shape index (κ3) is 4.24. The number of fused-ring (bicyclic) bond motifs is 1. The number of nitrogens with one attached hydrogen (secondary N) is 2. The van der Waals surface area contributed by atoms with Gasteiger partial charge in [0.05, 0.1) is 10.9 Å². The van der Waals surface area contributed by atoms with Crippen LogP contribution in [0.15, 0.2) is 15.7 Å². The van der Waals surface area contributed by atoms with E-state index < -0.39 is 29.2 Å². The Labute approximate surface area is 155 Å². The van der Waals surface area contributed by atoms with Gasteiger partial charge >= 0.3 is 11.7 Å². The van der Waals surface area contributed by atoms with Crippen LogP contribution < -0.4 is 16.6 Å². The average molecular weight is 376 g/mol. The molecule has 0 aromatic carbocycles. The predicted octanol–water partition coefficient (Wildman–Crippen LogP) is 1.07. The molecule has 0 radical (unpaired) electrons. The molecular formula is C18H24N4O5. The number of aliphatic carboxylic acids is 1. The molecule has 9 nitrogen and oxygen atoms in total. The van der Waals surface area contributed by atoms with Gasteiger partial charge in [-0.1, -0.05) is 27.7 Å². The molecule has 0 saturated carbocycles. The van der Waals surface area contributed by atoms with Crippen LogP contribution in [-0.4, -0.2) is 37.6 Å². The molecule has 0 spiro atoms. The summed E-state index contributed by atoms with van der Waals surface area (Å²) in [6.07, 6.45) is 0. The average Bonchev–Trinajstić information content (AvgIpc) is 2.56. The van der Waals surface area contributed by atoms with E-state index >= 15 is 0 Å². The smallest absolute Gasteiger partial charge is 0.330 e. The Morgan fingerprint density at radius 1 is 1.22 bits per heavy atom. The fourth-order valence-electron chi connectivity index (χ4n) is 2.64. The topological polar surface area (TPSA) is 134 Å². The van der Waals surface area contributed by atoms with Crippen LogP contribution in [0, 0.1) is 5.92 Å². The largest absolute Gasteiger partial charge is 0.480 e. The normalized spacial score (nSPS) is 12.6. The molecule has 146 valence electrons. The minimum Gasteiger partial charge on any atom is -0.480 e. The molecule has 0 saturated heterocycles. The van der Waals surface area contributed by atoms with E-state index in [0.29, 0.717) is 12.2 Å². The fraction of sp³-hybridized carbons (Fsp3) is 0.500. The van der Waals surface area contributed by atoms with Gasteiger partial charge in [-0.05, 0) is 24.8 Å². The number of nitrogens with zero attached hydrogens (tertiary/aromatic N) is 2. The van der Waals surface area contributed by atoms with Crippen molar-refractivity contribution in [2.24, 2.45) is 5.92 Å². The molecule has 2 rings (SSSR count). The van der Waals surface area contributed by atoms with Gasteiger partial charge in [0.2, 0.25) is 0 Å². The van der Waals surface area contributed by atoms with Gasteiger partial charge in [-0.2, -0.15) is 0 Å². The Hall–Kier alpha value is -2.97. The summed E-state index contributed by atoms with van der Waals surface area (Å²) in [5.41, 5.74) is -0.684. The van der Waals surface area contributed by atoms with Crippen molar-refractivity contribution in [3.8, 4) is 0 Å². The second-order valence-corrected chi connectivity index (χ2v) is 7.25. The highest BCUT2D eigenvalue weighted by molar-refractivity contribution is 6.06. The number of hydrogen-bond donors (Lipinski definition) is 3. The van der Waals surface area contributed by atoms with E-state index in [0.717, 1.165) is 0 Å². The highest BCUT2D eigenvalue weighted by Gasteiger charge is 2.23. The maximum Gasteiger partial charge on any atom is 0.330 e. The minimum atomic E-state index is -1.20.